The maximum Gasteiger partial charge on any atom is 0.241 e. The number of amides is 1. The molecule has 0 aliphatic rings. The Morgan fingerprint density at radius 2 is 2.06 bits per heavy atom. The van der Waals surface area contributed by atoms with Gasteiger partial charge in [-0.15, -0.1) is 0 Å². The van der Waals surface area contributed by atoms with Crippen molar-refractivity contribution in [3.05, 3.63) is 47.5 Å². The standard InChI is InChI=1S/C14H20N2O/c1-3-4-5-10-16-14(17)13(15)12-8-6-11(2)7-9-12/h3-4,6-9,13H,5,10,15H2,1-2H3,(H,16,17)/b4-3+. The Morgan fingerprint density at radius 1 is 1.41 bits per heavy atom. The summed E-state index contributed by atoms with van der Waals surface area (Å²) < 4.78 is 0. The van der Waals surface area contributed by atoms with Gasteiger partial charge in [-0.1, -0.05) is 42.0 Å². The Hall–Kier alpha value is -1.61. The number of nitrogens with one attached hydrogen (secondary N) is 1. The molecule has 1 rings (SSSR count). The summed E-state index contributed by atoms with van der Waals surface area (Å²) in [6.07, 6.45) is 4.81. The van der Waals surface area contributed by atoms with Crippen LogP contribution < -0.4 is 11.1 Å². The zero-order chi connectivity index (χ0) is 12.7. The minimum absolute atomic E-state index is 0.127. The van der Waals surface area contributed by atoms with E-state index in [0.717, 1.165) is 17.5 Å². The van der Waals surface area contributed by atoms with Crippen LogP contribution in [0.15, 0.2) is 36.4 Å². The molecule has 3 N–H and O–H groups in total. The number of carbonyl (C=O) groups excluding carboxylic acids is 1. The molecule has 1 unspecified atom stereocenters. The predicted molar refractivity (Wildman–Crippen MR) is 70.5 cm³/mol. The molecule has 0 aliphatic heterocycles. The second-order valence-electron chi connectivity index (χ2n) is 4.04. The molecule has 0 aliphatic carbocycles. The van der Waals surface area contributed by atoms with Crippen LogP contribution in [0.1, 0.15) is 30.5 Å². The summed E-state index contributed by atoms with van der Waals surface area (Å²) in [5, 5.41) is 2.82. The van der Waals surface area contributed by atoms with Crippen LogP contribution >= 0.6 is 0 Å². The van der Waals surface area contributed by atoms with Crippen LogP contribution in [-0.2, 0) is 4.79 Å². The number of benzene rings is 1. The smallest absolute Gasteiger partial charge is 0.241 e. The van der Waals surface area contributed by atoms with Crippen molar-refractivity contribution in [2.75, 3.05) is 6.54 Å². The van der Waals surface area contributed by atoms with Crippen molar-refractivity contribution in [3.8, 4) is 0 Å². The third-order valence-corrected chi connectivity index (χ3v) is 2.56. The van der Waals surface area contributed by atoms with E-state index in [9.17, 15) is 4.79 Å². The molecule has 1 aromatic carbocycles. The van der Waals surface area contributed by atoms with Crippen LogP contribution in [-0.4, -0.2) is 12.5 Å². The minimum Gasteiger partial charge on any atom is -0.354 e. The monoisotopic (exact) mass is 232 g/mol. The fraction of sp³-hybridized carbons (Fsp3) is 0.357. The van der Waals surface area contributed by atoms with Gasteiger partial charge in [-0.3, -0.25) is 4.79 Å². The average molecular weight is 232 g/mol. The van der Waals surface area contributed by atoms with E-state index in [1.54, 1.807) is 0 Å². The third-order valence-electron chi connectivity index (χ3n) is 2.56. The number of carbonyl (C=O) groups is 1. The highest BCUT2D eigenvalue weighted by atomic mass is 16.2. The van der Waals surface area contributed by atoms with Crippen molar-refractivity contribution in [3.63, 3.8) is 0 Å². The average Bonchev–Trinajstić information content (AvgIpc) is 2.34. The number of nitrogens with two attached hydrogens (primary N) is 1. The van der Waals surface area contributed by atoms with Crippen molar-refractivity contribution in [1.82, 2.24) is 5.32 Å². The highest BCUT2D eigenvalue weighted by Crippen LogP contribution is 2.11. The molecule has 0 aromatic heterocycles. The molecule has 3 nitrogen and oxygen atoms in total. The molecule has 0 saturated carbocycles. The highest BCUT2D eigenvalue weighted by Gasteiger charge is 2.14. The fourth-order valence-electron chi connectivity index (χ4n) is 1.48. The molecule has 0 fully saturated rings. The summed E-state index contributed by atoms with van der Waals surface area (Å²) in [5.74, 6) is -0.127. The lowest BCUT2D eigenvalue weighted by atomic mass is 10.1. The van der Waals surface area contributed by atoms with Gasteiger partial charge in [0, 0.05) is 6.54 Å². The summed E-state index contributed by atoms with van der Waals surface area (Å²) in [7, 11) is 0. The quantitative estimate of drug-likeness (QED) is 0.603. The van der Waals surface area contributed by atoms with Crippen LogP contribution in [0.3, 0.4) is 0 Å². The molecule has 1 aromatic rings. The van der Waals surface area contributed by atoms with Gasteiger partial charge >= 0.3 is 0 Å². The van der Waals surface area contributed by atoms with Gasteiger partial charge in [0.05, 0.1) is 0 Å². The number of rotatable bonds is 5. The molecule has 1 atom stereocenters. The molecule has 0 saturated heterocycles. The van der Waals surface area contributed by atoms with Crippen molar-refractivity contribution in [1.29, 1.82) is 0 Å². The van der Waals surface area contributed by atoms with Gasteiger partial charge in [0.15, 0.2) is 0 Å². The van der Waals surface area contributed by atoms with Gasteiger partial charge in [-0.05, 0) is 25.8 Å². The minimum atomic E-state index is -0.582. The molecule has 1 amide bonds. The zero-order valence-electron chi connectivity index (χ0n) is 10.4. The molecule has 0 spiro atoms. The molecule has 0 bridgehead atoms. The van der Waals surface area contributed by atoms with E-state index in [1.165, 1.54) is 0 Å². The first kappa shape index (κ1) is 13.5. The SMILES string of the molecule is C/C=C/CCNC(=O)C(N)c1ccc(C)cc1. The summed E-state index contributed by atoms with van der Waals surface area (Å²) in [6.45, 7) is 4.59. The van der Waals surface area contributed by atoms with Gasteiger partial charge in [-0.25, -0.2) is 0 Å². The van der Waals surface area contributed by atoms with Gasteiger partial charge in [0.1, 0.15) is 6.04 Å². The summed E-state index contributed by atoms with van der Waals surface area (Å²) in [4.78, 5) is 11.7. The van der Waals surface area contributed by atoms with E-state index in [-0.39, 0.29) is 5.91 Å². The molecular formula is C14H20N2O. The molecule has 17 heavy (non-hydrogen) atoms. The Balaban J connectivity index is 2.48. The fourth-order valence-corrected chi connectivity index (χ4v) is 1.48. The van der Waals surface area contributed by atoms with Gasteiger partial charge in [-0.2, -0.15) is 0 Å². The molecular weight excluding hydrogens is 212 g/mol. The van der Waals surface area contributed by atoms with Crippen molar-refractivity contribution < 1.29 is 4.79 Å². The topological polar surface area (TPSA) is 55.1 Å². The van der Waals surface area contributed by atoms with E-state index in [2.05, 4.69) is 5.32 Å². The summed E-state index contributed by atoms with van der Waals surface area (Å²) in [5.41, 5.74) is 7.88. The van der Waals surface area contributed by atoms with Crippen LogP contribution in [0.4, 0.5) is 0 Å². The van der Waals surface area contributed by atoms with Gasteiger partial charge in [0.2, 0.25) is 5.91 Å². The van der Waals surface area contributed by atoms with E-state index in [4.69, 9.17) is 5.73 Å². The number of allylic oxidation sites excluding steroid dienone is 1. The van der Waals surface area contributed by atoms with Crippen LogP contribution in [0.25, 0.3) is 0 Å². The van der Waals surface area contributed by atoms with E-state index in [1.807, 2.05) is 50.3 Å². The van der Waals surface area contributed by atoms with Gasteiger partial charge < -0.3 is 11.1 Å². The van der Waals surface area contributed by atoms with E-state index < -0.39 is 6.04 Å². The highest BCUT2D eigenvalue weighted by molar-refractivity contribution is 5.82. The second-order valence-corrected chi connectivity index (χ2v) is 4.04. The van der Waals surface area contributed by atoms with Gasteiger partial charge in [0.25, 0.3) is 0 Å². The third kappa shape index (κ3) is 4.41. The zero-order valence-corrected chi connectivity index (χ0v) is 10.4. The lowest BCUT2D eigenvalue weighted by molar-refractivity contribution is -0.122. The Labute approximate surface area is 103 Å². The summed E-state index contributed by atoms with van der Waals surface area (Å²) in [6, 6.07) is 7.13. The van der Waals surface area contributed by atoms with Crippen molar-refractivity contribution in [2.45, 2.75) is 26.3 Å². The number of hydrogen-bond acceptors (Lipinski definition) is 2. The largest absolute Gasteiger partial charge is 0.354 e. The second kappa shape index (κ2) is 6.86. The van der Waals surface area contributed by atoms with Crippen LogP contribution in [0, 0.1) is 6.92 Å². The van der Waals surface area contributed by atoms with E-state index >= 15 is 0 Å². The van der Waals surface area contributed by atoms with Crippen molar-refractivity contribution >= 4 is 5.91 Å². The maximum atomic E-state index is 11.7. The van der Waals surface area contributed by atoms with Crippen LogP contribution in [0.5, 0.6) is 0 Å². The Morgan fingerprint density at radius 3 is 2.65 bits per heavy atom. The lowest BCUT2D eigenvalue weighted by Crippen LogP contribution is -2.34. The molecule has 92 valence electrons. The lowest BCUT2D eigenvalue weighted by Gasteiger charge is -2.12. The molecule has 0 heterocycles. The summed E-state index contributed by atoms with van der Waals surface area (Å²) >= 11 is 0. The first-order valence-electron chi connectivity index (χ1n) is 5.86. The maximum absolute atomic E-state index is 11.7. The van der Waals surface area contributed by atoms with E-state index in [0.29, 0.717) is 6.54 Å². The Bertz CT molecular complexity index is 382. The predicted octanol–water partition coefficient (Wildman–Crippen LogP) is 2.08. The first-order valence-corrected chi connectivity index (χ1v) is 5.86. The number of hydrogen-bond donors (Lipinski definition) is 2. The normalized spacial score (nSPS) is 12.6. The molecule has 3 heteroatoms. The van der Waals surface area contributed by atoms with Crippen LogP contribution in [0.2, 0.25) is 0 Å². The molecule has 0 radical (unpaired) electrons. The Kier molecular flexibility index (Phi) is 5.43. The number of aryl methyl sites for hydroxylation is 1. The first-order chi connectivity index (χ1) is 8.15. The van der Waals surface area contributed by atoms with Crippen molar-refractivity contribution in [2.24, 2.45) is 5.73 Å².